The fourth-order valence-corrected chi connectivity index (χ4v) is 1.55. The molecule has 5 nitrogen and oxygen atoms in total. The second-order valence-corrected chi connectivity index (χ2v) is 3.34. The van der Waals surface area contributed by atoms with Crippen molar-refractivity contribution < 1.29 is 9.53 Å². The fraction of sp³-hybridized carbons (Fsp3) is 0.182. The van der Waals surface area contributed by atoms with E-state index in [-0.39, 0.29) is 5.56 Å². The van der Waals surface area contributed by atoms with Crippen LogP contribution in [0.1, 0.15) is 16.2 Å². The zero-order valence-corrected chi connectivity index (χ0v) is 8.90. The van der Waals surface area contributed by atoms with Crippen LogP contribution in [-0.2, 0) is 4.74 Å². The summed E-state index contributed by atoms with van der Waals surface area (Å²) < 4.78 is 4.63. The molecule has 1 aromatic carbocycles. The molecule has 5 heteroatoms. The van der Waals surface area contributed by atoms with Crippen LogP contribution in [0, 0.1) is 6.92 Å². The summed E-state index contributed by atoms with van der Waals surface area (Å²) >= 11 is 0. The van der Waals surface area contributed by atoms with E-state index in [2.05, 4.69) is 14.7 Å². The number of ether oxygens (including phenoxy) is 1. The molecule has 1 N–H and O–H groups in total. The highest BCUT2D eigenvalue weighted by Gasteiger charge is 2.12. The monoisotopic (exact) mass is 218 g/mol. The van der Waals surface area contributed by atoms with Crippen molar-refractivity contribution in [2.24, 2.45) is 0 Å². The summed E-state index contributed by atoms with van der Waals surface area (Å²) in [5, 5.41) is 0.383. The summed E-state index contributed by atoms with van der Waals surface area (Å²) in [5.41, 5.74) is 0.415. The van der Waals surface area contributed by atoms with Gasteiger partial charge in [-0.05, 0) is 19.1 Å². The number of esters is 1. The topological polar surface area (TPSA) is 72.1 Å². The molecule has 0 saturated heterocycles. The van der Waals surface area contributed by atoms with Gasteiger partial charge in [0.1, 0.15) is 5.82 Å². The molecule has 1 aromatic heterocycles. The van der Waals surface area contributed by atoms with Crippen LogP contribution in [0.4, 0.5) is 0 Å². The Hall–Kier alpha value is -2.17. The van der Waals surface area contributed by atoms with Crippen molar-refractivity contribution in [3.63, 3.8) is 0 Å². The van der Waals surface area contributed by atoms with Crippen LogP contribution in [0.5, 0.6) is 0 Å². The lowest BCUT2D eigenvalue weighted by atomic mass is 10.1. The number of nitrogens with one attached hydrogen (secondary N) is 1. The van der Waals surface area contributed by atoms with Gasteiger partial charge in [-0.25, -0.2) is 9.78 Å². The molecule has 0 radical (unpaired) electrons. The summed E-state index contributed by atoms with van der Waals surface area (Å²) in [6, 6.07) is 4.83. The first kappa shape index (κ1) is 10.4. The number of hydrogen-bond donors (Lipinski definition) is 1. The first-order chi connectivity index (χ1) is 7.63. The Morgan fingerprint density at radius 1 is 1.44 bits per heavy atom. The molecule has 2 rings (SSSR count). The van der Waals surface area contributed by atoms with Crippen LogP contribution < -0.4 is 5.56 Å². The Morgan fingerprint density at radius 2 is 2.19 bits per heavy atom. The van der Waals surface area contributed by atoms with E-state index in [0.717, 1.165) is 0 Å². The number of aryl methyl sites for hydroxylation is 1. The maximum absolute atomic E-state index is 11.6. The van der Waals surface area contributed by atoms with Gasteiger partial charge in [-0.15, -0.1) is 0 Å². The maximum atomic E-state index is 11.6. The highest BCUT2D eigenvalue weighted by molar-refractivity contribution is 6.02. The molecule has 1 heterocycles. The summed E-state index contributed by atoms with van der Waals surface area (Å²) in [6.07, 6.45) is 0. The van der Waals surface area contributed by atoms with Gasteiger partial charge in [0.2, 0.25) is 0 Å². The number of benzene rings is 1. The average Bonchev–Trinajstić information content (AvgIpc) is 2.27. The van der Waals surface area contributed by atoms with Gasteiger partial charge in [0, 0.05) is 0 Å². The van der Waals surface area contributed by atoms with Crippen molar-refractivity contribution in [3.8, 4) is 0 Å². The average molecular weight is 218 g/mol. The molecular formula is C11H10N2O3. The van der Waals surface area contributed by atoms with Gasteiger partial charge in [-0.3, -0.25) is 4.79 Å². The van der Waals surface area contributed by atoms with Gasteiger partial charge in [-0.1, -0.05) is 6.07 Å². The van der Waals surface area contributed by atoms with E-state index < -0.39 is 5.97 Å². The first-order valence-corrected chi connectivity index (χ1v) is 4.71. The molecule has 0 bridgehead atoms. The molecule has 0 saturated carbocycles. The van der Waals surface area contributed by atoms with Crippen molar-refractivity contribution >= 4 is 16.9 Å². The molecule has 0 fully saturated rings. The number of nitrogens with zero attached hydrogens (tertiary/aromatic N) is 1. The third kappa shape index (κ3) is 1.56. The lowest BCUT2D eigenvalue weighted by Gasteiger charge is -2.03. The van der Waals surface area contributed by atoms with E-state index in [0.29, 0.717) is 22.3 Å². The maximum Gasteiger partial charge on any atom is 0.340 e. The minimum Gasteiger partial charge on any atom is -0.465 e. The predicted molar refractivity (Wildman–Crippen MR) is 58.4 cm³/mol. The Morgan fingerprint density at radius 3 is 2.88 bits per heavy atom. The summed E-state index contributed by atoms with van der Waals surface area (Å²) in [7, 11) is 1.29. The number of rotatable bonds is 1. The molecule has 0 unspecified atom stereocenters. The molecule has 0 aliphatic carbocycles. The van der Waals surface area contributed by atoms with Crippen LogP contribution in [0.15, 0.2) is 23.0 Å². The Balaban J connectivity index is 2.87. The van der Waals surface area contributed by atoms with Gasteiger partial charge in [0.05, 0.1) is 23.6 Å². The van der Waals surface area contributed by atoms with Gasteiger partial charge < -0.3 is 9.72 Å². The fourth-order valence-electron chi connectivity index (χ4n) is 1.55. The van der Waals surface area contributed by atoms with Crippen LogP contribution in [0.2, 0.25) is 0 Å². The number of carbonyl (C=O) groups is 1. The minimum absolute atomic E-state index is 0.256. The number of aromatic amines is 1. The molecule has 0 aliphatic rings. The van der Waals surface area contributed by atoms with E-state index in [4.69, 9.17) is 0 Å². The van der Waals surface area contributed by atoms with E-state index >= 15 is 0 Å². The van der Waals surface area contributed by atoms with Gasteiger partial charge >= 0.3 is 5.97 Å². The number of H-pyrrole nitrogens is 1. The number of carbonyl (C=O) groups excluding carboxylic acids is 1. The second kappa shape index (κ2) is 3.77. The van der Waals surface area contributed by atoms with Crippen molar-refractivity contribution in [1.82, 2.24) is 9.97 Å². The van der Waals surface area contributed by atoms with Crippen LogP contribution in [0.3, 0.4) is 0 Å². The highest BCUT2D eigenvalue weighted by atomic mass is 16.5. The molecule has 16 heavy (non-hydrogen) atoms. The van der Waals surface area contributed by atoms with E-state index in [1.807, 2.05) is 0 Å². The van der Waals surface area contributed by atoms with Gasteiger partial charge in [-0.2, -0.15) is 0 Å². The van der Waals surface area contributed by atoms with Crippen LogP contribution in [-0.4, -0.2) is 23.0 Å². The summed E-state index contributed by atoms with van der Waals surface area (Å²) in [6.45, 7) is 1.66. The molecule has 2 aromatic rings. The lowest BCUT2D eigenvalue weighted by molar-refractivity contribution is 0.0603. The van der Waals surface area contributed by atoms with Gasteiger partial charge in [0.25, 0.3) is 5.56 Å². The number of para-hydroxylation sites is 1. The van der Waals surface area contributed by atoms with Crippen LogP contribution in [0.25, 0.3) is 10.9 Å². The normalized spacial score (nSPS) is 10.4. The van der Waals surface area contributed by atoms with Crippen molar-refractivity contribution in [1.29, 1.82) is 0 Å². The number of methoxy groups -OCH3 is 1. The molecule has 0 aliphatic heterocycles. The first-order valence-electron chi connectivity index (χ1n) is 4.71. The SMILES string of the molecule is COC(=O)c1cccc2c(=O)[nH]c(C)nc12. The molecule has 0 amide bonds. The zero-order valence-electron chi connectivity index (χ0n) is 8.90. The molecule has 82 valence electrons. The Labute approximate surface area is 91.1 Å². The Kier molecular flexibility index (Phi) is 2.44. The largest absolute Gasteiger partial charge is 0.465 e. The van der Waals surface area contributed by atoms with E-state index in [1.165, 1.54) is 7.11 Å². The standard InChI is InChI=1S/C11H10N2O3/c1-6-12-9-7(10(14)13-6)4-3-5-8(9)11(15)16-2/h3-5H,1-2H3,(H,12,13,14). The second-order valence-electron chi connectivity index (χ2n) is 3.34. The number of hydrogen-bond acceptors (Lipinski definition) is 4. The third-order valence-electron chi connectivity index (χ3n) is 2.26. The van der Waals surface area contributed by atoms with E-state index in [9.17, 15) is 9.59 Å². The minimum atomic E-state index is -0.497. The number of aromatic nitrogens is 2. The van der Waals surface area contributed by atoms with E-state index in [1.54, 1.807) is 25.1 Å². The third-order valence-corrected chi connectivity index (χ3v) is 2.26. The van der Waals surface area contributed by atoms with Crippen molar-refractivity contribution in [2.45, 2.75) is 6.92 Å². The lowest BCUT2D eigenvalue weighted by Crippen LogP contribution is -2.12. The van der Waals surface area contributed by atoms with Crippen molar-refractivity contribution in [2.75, 3.05) is 7.11 Å². The quantitative estimate of drug-likeness (QED) is 0.725. The summed E-state index contributed by atoms with van der Waals surface area (Å²) in [4.78, 5) is 29.8. The summed E-state index contributed by atoms with van der Waals surface area (Å²) in [5.74, 6) is -0.0306. The van der Waals surface area contributed by atoms with Crippen LogP contribution >= 0.6 is 0 Å². The molecule has 0 atom stereocenters. The molecular weight excluding hydrogens is 208 g/mol. The predicted octanol–water partition coefficient (Wildman–Crippen LogP) is 1.02. The van der Waals surface area contributed by atoms with Gasteiger partial charge in [0.15, 0.2) is 0 Å². The smallest absolute Gasteiger partial charge is 0.340 e. The highest BCUT2D eigenvalue weighted by Crippen LogP contribution is 2.13. The Bertz CT molecular complexity index is 616. The molecule has 0 spiro atoms. The van der Waals surface area contributed by atoms with Crippen molar-refractivity contribution in [3.05, 3.63) is 39.9 Å². The number of fused-ring (bicyclic) bond motifs is 1. The zero-order chi connectivity index (χ0) is 11.7.